The van der Waals surface area contributed by atoms with E-state index < -0.39 is 6.04 Å². The Kier molecular flexibility index (Phi) is 8.91. The van der Waals surface area contributed by atoms with E-state index in [9.17, 15) is 14.4 Å². The summed E-state index contributed by atoms with van der Waals surface area (Å²) in [7, 11) is 0. The van der Waals surface area contributed by atoms with Crippen LogP contribution >= 0.6 is 23.2 Å². The maximum Gasteiger partial charge on any atom is 0.258 e. The zero-order chi connectivity index (χ0) is 28.9. The Hall–Kier alpha value is -3.87. The number of likely N-dealkylation sites (N-methyl/N-ethyl adjacent to an activating group) is 1. The Bertz CT molecular complexity index is 1570. The van der Waals surface area contributed by atoms with Crippen molar-refractivity contribution < 1.29 is 14.4 Å². The van der Waals surface area contributed by atoms with Gasteiger partial charge in [0.25, 0.3) is 5.91 Å². The van der Waals surface area contributed by atoms with Gasteiger partial charge in [0.1, 0.15) is 6.04 Å². The number of hydrogen-bond acceptors (Lipinski definition) is 3. The monoisotopic (exact) mass is 587 g/mol. The number of carbonyl (C=O) groups excluding carboxylic acids is 3. The van der Waals surface area contributed by atoms with Crippen LogP contribution in [0.25, 0.3) is 10.8 Å². The predicted molar refractivity (Wildman–Crippen MR) is 164 cm³/mol. The second-order valence-electron chi connectivity index (χ2n) is 10.1. The fourth-order valence-electron chi connectivity index (χ4n) is 5.43. The lowest BCUT2D eigenvalue weighted by Gasteiger charge is -2.32. The summed E-state index contributed by atoms with van der Waals surface area (Å²) in [5.74, 6) is -0.520. The van der Waals surface area contributed by atoms with Crippen LogP contribution in [0.4, 0.5) is 5.69 Å². The SMILES string of the molecule is CCNC(=O)[C@@H](Cc1ccccc1)N(Cc1c(Cl)cccc1Cl)C(=O)CCCN1C(=O)c2cccc3cccc1c23. The maximum atomic E-state index is 13.9. The van der Waals surface area contributed by atoms with Gasteiger partial charge < -0.3 is 15.1 Å². The second-order valence-corrected chi connectivity index (χ2v) is 10.9. The van der Waals surface area contributed by atoms with Gasteiger partial charge in [-0.25, -0.2) is 0 Å². The van der Waals surface area contributed by atoms with Crippen molar-refractivity contribution in [3.8, 4) is 0 Å². The zero-order valence-corrected chi connectivity index (χ0v) is 24.3. The molecule has 1 atom stereocenters. The number of halogens is 2. The molecule has 4 aromatic rings. The summed E-state index contributed by atoms with van der Waals surface area (Å²) in [5, 5.41) is 5.71. The number of anilines is 1. The van der Waals surface area contributed by atoms with E-state index in [1.54, 1.807) is 28.0 Å². The Balaban J connectivity index is 1.39. The van der Waals surface area contributed by atoms with E-state index in [0.717, 1.165) is 22.0 Å². The first kappa shape index (κ1) is 28.7. The largest absolute Gasteiger partial charge is 0.355 e. The number of hydrogen-bond donors (Lipinski definition) is 1. The number of nitrogens with one attached hydrogen (secondary N) is 1. The highest BCUT2D eigenvalue weighted by atomic mass is 35.5. The molecule has 3 amide bonds. The van der Waals surface area contributed by atoms with Crippen molar-refractivity contribution in [2.75, 3.05) is 18.0 Å². The topological polar surface area (TPSA) is 69.7 Å². The van der Waals surface area contributed by atoms with Crippen molar-refractivity contribution >= 4 is 57.4 Å². The van der Waals surface area contributed by atoms with Crippen molar-refractivity contribution in [3.05, 3.63) is 112 Å². The molecule has 0 aliphatic carbocycles. The van der Waals surface area contributed by atoms with Crippen LogP contribution < -0.4 is 10.2 Å². The highest BCUT2D eigenvalue weighted by Gasteiger charge is 2.32. The van der Waals surface area contributed by atoms with E-state index in [1.165, 1.54) is 0 Å². The predicted octanol–water partition coefficient (Wildman–Crippen LogP) is 6.66. The summed E-state index contributed by atoms with van der Waals surface area (Å²) in [4.78, 5) is 43.9. The first-order valence-corrected chi connectivity index (χ1v) is 14.5. The Morgan fingerprint density at radius 2 is 1.59 bits per heavy atom. The minimum absolute atomic E-state index is 0.0618. The third-order valence-electron chi connectivity index (χ3n) is 7.43. The molecule has 0 saturated carbocycles. The molecule has 41 heavy (non-hydrogen) atoms. The minimum Gasteiger partial charge on any atom is -0.355 e. The minimum atomic E-state index is -0.774. The molecule has 1 heterocycles. The normalized spacial score (nSPS) is 13.0. The highest BCUT2D eigenvalue weighted by Crippen LogP contribution is 2.37. The molecule has 210 valence electrons. The van der Waals surface area contributed by atoms with Gasteiger partial charge in [-0.15, -0.1) is 0 Å². The van der Waals surface area contributed by atoms with Gasteiger partial charge in [-0.05, 0) is 48.6 Å². The lowest BCUT2D eigenvalue weighted by Crippen LogP contribution is -2.50. The number of rotatable bonds is 11. The molecule has 0 aromatic heterocycles. The van der Waals surface area contributed by atoms with Crippen molar-refractivity contribution in [2.45, 2.75) is 38.8 Å². The van der Waals surface area contributed by atoms with Crippen molar-refractivity contribution in [1.29, 1.82) is 0 Å². The molecule has 6 nitrogen and oxygen atoms in total. The van der Waals surface area contributed by atoms with E-state index in [0.29, 0.717) is 47.1 Å². The van der Waals surface area contributed by atoms with Crippen molar-refractivity contribution in [3.63, 3.8) is 0 Å². The summed E-state index contributed by atoms with van der Waals surface area (Å²) in [6.45, 7) is 2.74. The molecule has 0 spiro atoms. The van der Waals surface area contributed by atoms with Gasteiger partial charge in [-0.2, -0.15) is 0 Å². The Morgan fingerprint density at radius 1 is 0.902 bits per heavy atom. The number of benzene rings is 4. The van der Waals surface area contributed by atoms with Crippen LogP contribution in [0.15, 0.2) is 84.9 Å². The van der Waals surface area contributed by atoms with Gasteiger partial charge in [0.15, 0.2) is 0 Å². The van der Waals surface area contributed by atoms with Gasteiger partial charge >= 0.3 is 0 Å². The van der Waals surface area contributed by atoms with E-state index in [4.69, 9.17) is 23.2 Å². The molecule has 4 aromatic carbocycles. The van der Waals surface area contributed by atoms with E-state index >= 15 is 0 Å². The van der Waals surface area contributed by atoms with Crippen LogP contribution in [-0.4, -0.2) is 41.8 Å². The van der Waals surface area contributed by atoms with Gasteiger partial charge in [0.2, 0.25) is 11.8 Å². The molecule has 0 radical (unpaired) electrons. The van der Waals surface area contributed by atoms with Gasteiger partial charge in [-0.1, -0.05) is 83.9 Å². The van der Waals surface area contributed by atoms with Crippen LogP contribution in [0.5, 0.6) is 0 Å². The second kappa shape index (κ2) is 12.8. The number of carbonyl (C=O) groups is 3. The standard InChI is InChI=1S/C33H31Cl2N3O3/c1-2-36-32(40)29(20-22-10-4-3-5-11-22)38(21-25-26(34)15-8-16-27(25)35)30(39)18-9-19-37-28-17-7-13-23-12-6-14-24(31(23)28)33(37)41/h3-8,10-17,29H,2,9,18-21H2,1H3,(H,36,40)/t29-/m1/s1. The molecule has 5 rings (SSSR count). The lowest BCUT2D eigenvalue weighted by molar-refractivity contribution is -0.141. The summed E-state index contributed by atoms with van der Waals surface area (Å²) < 4.78 is 0. The maximum absolute atomic E-state index is 13.9. The van der Waals surface area contributed by atoms with Gasteiger partial charge in [-0.3, -0.25) is 14.4 Å². The summed E-state index contributed by atoms with van der Waals surface area (Å²) >= 11 is 13.0. The summed E-state index contributed by atoms with van der Waals surface area (Å²) in [5.41, 5.74) is 3.06. The molecule has 8 heteroatoms. The highest BCUT2D eigenvalue weighted by molar-refractivity contribution is 6.36. The zero-order valence-electron chi connectivity index (χ0n) is 22.8. The molecular weight excluding hydrogens is 557 g/mol. The van der Waals surface area contributed by atoms with Crippen LogP contribution in [0.3, 0.4) is 0 Å². The average molecular weight is 589 g/mol. The molecular formula is C33H31Cl2N3O3. The molecule has 0 bridgehead atoms. The molecule has 0 unspecified atom stereocenters. The Labute approximate surface area is 249 Å². The lowest BCUT2D eigenvalue weighted by atomic mass is 10.0. The fraction of sp³-hybridized carbons (Fsp3) is 0.242. The summed E-state index contributed by atoms with van der Waals surface area (Å²) in [6, 6.07) is 25.6. The molecule has 0 fully saturated rings. The first-order chi connectivity index (χ1) is 19.9. The smallest absolute Gasteiger partial charge is 0.258 e. The molecule has 1 aliphatic rings. The quantitative estimate of drug-likeness (QED) is 0.213. The Morgan fingerprint density at radius 3 is 2.29 bits per heavy atom. The van der Waals surface area contributed by atoms with E-state index in [1.807, 2.05) is 73.7 Å². The molecule has 1 aliphatic heterocycles. The van der Waals surface area contributed by atoms with Crippen LogP contribution in [-0.2, 0) is 22.6 Å². The van der Waals surface area contributed by atoms with Crippen LogP contribution in [0.1, 0.15) is 41.3 Å². The average Bonchev–Trinajstić information content (AvgIpc) is 3.25. The first-order valence-electron chi connectivity index (χ1n) is 13.8. The van der Waals surface area contributed by atoms with E-state index in [2.05, 4.69) is 5.32 Å². The molecule has 1 N–H and O–H groups in total. The van der Waals surface area contributed by atoms with Crippen molar-refractivity contribution in [1.82, 2.24) is 10.2 Å². The fourth-order valence-corrected chi connectivity index (χ4v) is 5.95. The third-order valence-corrected chi connectivity index (χ3v) is 8.14. The van der Waals surface area contributed by atoms with Gasteiger partial charge in [0, 0.05) is 59.0 Å². The van der Waals surface area contributed by atoms with Crippen molar-refractivity contribution in [2.24, 2.45) is 0 Å². The van der Waals surface area contributed by atoms with Gasteiger partial charge in [0.05, 0.1) is 5.69 Å². The number of amides is 3. The summed E-state index contributed by atoms with van der Waals surface area (Å²) in [6.07, 6.45) is 0.903. The number of nitrogens with zero attached hydrogens (tertiary/aromatic N) is 2. The van der Waals surface area contributed by atoms with Crippen LogP contribution in [0.2, 0.25) is 10.0 Å². The third kappa shape index (κ3) is 6.09. The molecule has 0 saturated heterocycles. The van der Waals surface area contributed by atoms with E-state index in [-0.39, 0.29) is 30.7 Å². The van der Waals surface area contributed by atoms with Crippen LogP contribution in [0, 0.1) is 0 Å².